The highest BCUT2D eigenvalue weighted by Gasteiger charge is 2.33. The Morgan fingerprint density at radius 1 is 1.23 bits per heavy atom. The standard InChI is InChI=1S/C19H18FN3O2S/c1-21-17-8-9-18-15(17)11-19(14-6-2-3-7-16(14)20)23(18)26(24,25)13-5-4-10-22-12-13/h2-7,10-12,17,21H,8-9H2,1H3/t17-/m0/s1. The van der Waals surface area contributed by atoms with E-state index in [1.54, 1.807) is 30.3 Å². The molecule has 0 fully saturated rings. The number of aromatic nitrogens is 2. The molecule has 0 radical (unpaired) electrons. The van der Waals surface area contributed by atoms with E-state index in [2.05, 4.69) is 10.3 Å². The van der Waals surface area contributed by atoms with Gasteiger partial charge in [0.1, 0.15) is 10.7 Å². The molecule has 1 aliphatic carbocycles. The van der Waals surface area contributed by atoms with Crippen molar-refractivity contribution in [3.63, 3.8) is 0 Å². The van der Waals surface area contributed by atoms with Crippen molar-refractivity contribution in [3.05, 3.63) is 71.9 Å². The summed E-state index contributed by atoms with van der Waals surface area (Å²) in [6.07, 6.45) is 4.25. The number of nitrogens with one attached hydrogen (secondary N) is 1. The van der Waals surface area contributed by atoms with Gasteiger partial charge in [0, 0.05) is 29.7 Å². The van der Waals surface area contributed by atoms with Gasteiger partial charge in [-0.15, -0.1) is 0 Å². The number of pyridine rings is 1. The van der Waals surface area contributed by atoms with Crippen molar-refractivity contribution >= 4 is 10.0 Å². The maximum absolute atomic E-state index is 14.5. The number of benzene rings is 1. The average Bonchev–Trinajstić information content (AvgIpc) is 3.21. The van der Waals surface area contributed by atoms with Crippen LogP contribution in [0.1, 0.15) is 23.7 Å². The lowest BCUT2D eigenvalue weighted by Crippen LogP contribution is -2.17. The number of fused-ring (bicyclic) bond motifs is 1. The number of halogens is 1. The smallest absolute Gasteiger partial charge is 0.269 e. The van der Waals surface area contributed by atoms with Crippen molar-refractivity contribution in [1.82, 2.24) is 14.3 Å². The molecule has 2 aromatic heterocycles. The van der Waals surface area contributed by atoms with Crippen molar-refractivity contribution in [2.24, 2.45) is 0 Å². The van der Waals surface area contributed by atoms with Crippen LogP contribution in [0.25, 0.3) is 11.3 Å². The van der Waals surface area contributed by atoms with E-state index in [1.165, 1.54) is 28.5 Å². The molecule has 1 aliphatic rings. The van der Waals surface area contributed by atoms with E-state index < -0.39 is 15.8 Å². The summed E-state index contributed by atoms with van der Waals surface area (Å²) in [5.74, 6) is -0.452. The van der Waals surface area contributed by atoms with Crippen LogP contribution in [0.3, 0.4) is 0 Å². The van der Waals surface area contributed by atoms with Crippen molar-refractivity contribution in [2.45, 2.75) is 23.8 Å². The number of rotatable bonds is 4. The Labute approximate surface area is 151 Å². The molecule has 0 spiro atoms. The summed E-state index contributed by atoms with van der Waals surface area (Å²) in [6.45, 7) is 0. The molecule has 4 rings (SSSR count). The lowest BCUT2D eigenvalue weighted by Gasteiger charge is -2.14. The Balaban J connectivity index is 2.01. The topological polar surface area (TPSA) is 64.0 Å². The maximum atomic E-state index is 14.5. The van der Waals surface area contributed by atoms with Crippen molar-refractivity contribution < 1.29 is 12.8 Å². The molecule has 1 aromatic carbocycles. The SMILES string of the molecule is CN[C@H]1CCc2c1cc(-c1ccccc1F)n2S(=O)(=O)c1cccnc1. The Kier molecular flexibility index (Phi) is 4.13. The van der Waals surface area contributed by atoms with Gasteiger partial charge in [0.15, 0.2) is 0 Å². The van der Waals surface area contributed by atoms with Crippen LogP contribution in [0.15, 0.2) is 59.8 Å². The molecular weight excluding hydrogens is 353 g/mol. The zero-order valence-electron chi connectivity index (χ0n) is 14.2. The first kappa shape index (κ1) is 16.9. The summed E-state index contributed by atoms with van der Waals surface area (Å²) in [5, 5.41) is 3.20. The molecule has 5 nitrogen and oxygen atoms in total. The van der Waals surface area contributed by atoms with Gasteiger partial charge in [-0.3, -0.25) is 4.98 Å². The molecule has 7 heteroatoms. The Morgan fingerprint density at radius 3 is 2.73 bits per heavy atom. The molecule has 3 aromatic rings. The van der Waals surface area contributed by atoms with E-state index >= 15 is 0 Å². The minimum atomic E-state index is -3.89. The van der Waals surface area contributed by atoms with Crippen LogP contribution >= 0.6 is 0 Å². The third-order valence-corrected chi connectivity index (χ3v) is 6.54. The normalized spacial score (nSPS) is 16.6. The molecule has 2 heterocycles. The van der Waals surface area contributed by atoms with E-state index in [0.717, 1.165) is 12.0 Å². The van der Waals surface area contributed by atoms with Crippen LogP contribution in [0.4, 0.5) is 4.39 Å². The lowest BCUT2D eigenvalue weighted by molar-refractivity contribution is 0.581. The molecule has 1 N–H and O–H groups in total. The van der Waals surface area contributed by atoms with E-state index in [9.17, 15) is 12.8 Å². The summed E-state index contributed by atoms with van der Waals surface area (Å²) in [4.78, 5) is 4.01. The van der Waals surface area contributed by atoms with E-state index in [-0.39, 0.29) is 16.5 Å². The fraction of sp³-hybridized carbons (Fsp3) is 0.211. The van der Waals surface area contributed by atoms with Crippen LogP contribution < -0.4 is 5.32 Å². The summed E-state index contributed by atoms with van der Waals surface area (Å²) >= 11 is 0. The average molecular weight is 371 g/mol. The molecule has 26 heavy (non-hydrogen) atoms. The maximum Gasteiger partial charge on any atom is 0.269 e. The predicted octanol–water partition coefficient (Wildman–Crippen LogP) is 3.13. The number of hydrogen-bond donors (Lipinski definition) is 1. The predicted molar refractivity (Wildman–Crippen MR) is 96.8 cm³/mol. The van der Waals surface area contributed by atoms with Gasteiger partial charge >= 0.3 is 0 Å². The van der Waals surface area contributed by atoms with Crippen LogP contribution in [0.2, 0.25) is 0 Å². The minimum Gasteiger partial charge on any atom is -0.313 e. The fourth-order valence-corrected chi connectivity index (χ4v) is 5.12. The monoisotopic (exact) mass is 371 g/mol. The lowest BCUT2D eigenvalue weighted by atomic mass is 10.1. The first-order valence-corrected chi connectivity index (χ1v) is 9.80. The van der Waals surface area contributed by atoms with Gasteiger partial charge < -0.3 is 5.32 Å². The summed E-state index contributed by atoms with van der Waals surface area (Å²) in [6, 6.07) is 11.2. The van der Waals surface area contributed by atoms with Crippen molar-refractivity contribution in [1.29, 1.82) is 0 Å². The van der Waals surface area contributed by atoms with Crippen molar-refractivity contribution in [2.75, 3.05) is 7.05 Å². The molecule has 0 aliphatic heterocycles. The molecule has 0 bridgehead atoms. The second kappa shape index (κ2) is 6.34. The van der Waals surface area contributed by atoms with Crippen molar-refractivity contribution in [3.8, 4) is 11.3 Å². The van der Waals surface area contributed by atoms with Gasteiger partial charge in [-0.05, 0) is 55.8 Å². The molecule has 0 saturated carbocycles. The third kappa shape index (κ3) is 2.55. The molecule has 134 valence electrons. The van der Waals surface area contributed by atoms with E-state index in [1.807, 2.05) is 7.05 Å². The molecule has 0 saturated heterocycles. The molecule has 0 amide bonds. The molecule has 1 atom stereocenters. The third-order valence-electron chi connectivity index (χ3n) is 4.81. The highest BCUT2D eigenvalue weighted by molar-refractivity contribution is 7.90. The molecule has 0 unspecified atom stereocenters. The summed E-state index contributed by atoms with van der Waals surface area (Å²) in [5.41, 5.74) is 2.21. The quantitative estimate of drug-likeness (QED) is 0.765. The first-order valence-electron chi connectivity index (χ1n) is 8.36. The fourth-order valence-electron chi connectivity index (χ4n) is 3.57. The minimum absolute atomic E-state index is 0.0564. The number of hydrogen-bond acceptors (Lipinski definition) is 4. The van der Waals surface area contributed by atoms with Crippen LogP contribution in [-0.4, -0.2) is 24.4 Å². The van der Waals surface area contributed by atoms with Gasteiger partial charge in [0.05, 0.1) is 5.69 Å². The Bertz CT molecular complexity index is 1060. The Hall–Kier alpha value is -2.51. The summed E-state index contributed by atoms with van der Waals surface area (Å²) in [7, 11) is -2.05. The first-order chi connectivity index (χ1) is 12.5. The second-order valence-corrected chi connectivity index (χ2v) is 8.04. The van der Waals surface area contributed by atoms with Gasteiger partial charge in [0.2, 0.25) is 0 Å². The van der Waals surface area contributed by atoms with Crippen LogP contribution in [0.5, 0.6) is 0 Å². The Morgan fingerprint density at radius 2 is 2.04 bits per heavy atom. The van der Waals surface area contributed by atoms with Gasteiger partial charge in [-0.25, -0.2) is 16.8 Å². The largest absolute Gasteiger partial charge is 0.313 e. The zero-order chi connectivity index (χ0) is 18.3. The van der Waals surface area contributed by atoms with E-state index in [0.29, 0.717) is 17.8 Å². The van der Waals surface area contributed by atoms with Crippen LogP contribution in [-0.2, 0) is 16.4 Å². The second-order valence-electron chi connectivity index (χ2n) is 6.25. The zero-order valence-corrected chi connectivity index (χ0v) is 15.0. The summed E-state index contributed by atoms with van der Waals surface area (Å²) < 4.78 is 42.4. The highest BCUT2D eigenvalue weighted by atomic mass is 32.2. The van der Waals surface area contributed by atoms with Gasteiger partial charge in [0.25, 0.3) is 10.0 Å². The van der Waals surface area contributed by atoms with Crippen LogP contribution in [0, 0.1) is 5.82 Å². The van der Waals surface area contributed by atoms with Gasteiger partial charge in [-0.2, -0.15) is 0 Å². The highest BCUT2D eigenvalue weighted by Crippen LogP contribution is 2.39. The van der Waals surface area contributed by atoms with E-state index in [4.69, 9.17) is 0 Å². The van der Waals surface area contributed by atoms with Gasteiger partial charge in [-0.1, -0.05) is 12.1 Å². The number of nitrogens with zero attached hydrogens (tertiary/aromatic N) is 2. The molecular formula is C19H18FN3O2S.